The van der Waals surface area contributed by atoms with Gasteiger partial charge in [-0.05, 0) is 59.7 Å². The van der Waals surface area contributed by atoms with E-state index in [0.717, 1.165) is 38.4 Å². The lowest BCUT2D eigenvalue weighted by Gasteiger charge is -2.32. The van der Waals surface area contributed by atoms with Gasteiger partial charge < -0.3 is 19.7 Å². The third kappa shape index (κ3) is 5.72. The van der Waals surface area contributed by atoms with Crippen LogP contribution in [0.2, 0.25) is 0 Å². The van der Waals surface area contributed by atoms with Gasteiger partial charge in [-0.2, -0.15) is 0 Å². The quantitative estimate of drug-likeness (QED) is 0.678. The molecule has 1 saturated heterocycles. The fourth-order valence-electron chi connectivity index (χ4n) is 3.35. The Hall–Kier alpha value is -2.09. The zero-order chi connectivity index (χ0) is 20.8. The number of rotatable bonds is 7. The molecular formula is C22H28BrN3O3. The molecule has 0 bridgehead atoms. The lowest BCUT2D eigenvalue weighted by Crippen LogP contribution is -2.43. The summed E-state index contributed by atoms with van der Waals surface area (Å²) in [6.45, 7) is 7.61. The minimum absolute atomic E-state index is 0.191. The molecule has 1 N–H and O–H groups in total. The van der Waals surface area contributed by atoms with E-state index in [9.17, 15) is 4.79 Å². The van der Waals surface area contributed by atoms with Crippen molar-refractivity contribution in [2.24, 2.45) is 0 Å². The van der Waals surface area contributed by atoms with E-state index < -0.39 is 0 Å². The molecule has 1 aliphatic rings. The highest BCUT2D eigenvalue weighted by molar-refractivity contribution is 9.10. The van der Waals surface area contributed by atoms with Gasteiger partial charge >= 0.3 is 0 Å². The highest BCUT2D eigenvalue weighted by Crippen LogP contribution is 2.36. The average molecular weight is 462 g/mol. The van der Waals surface area contributed by atoms with Crippen LogP contribution in [0, 0.1) is 0 Å². The number of anilines is 1. The summed E-state index contributed by atoms with van der Waals surface area (Å²) in [6, 6.07) is 11.5. The van der Waals surface area contributed by atoms with Gasteiger partial charge in [0.05, 0.1) is 18.2 Å². The van der Waals surface area contributed by atoms with Crippen LogP contribution in [0.5, 0.6) is 11.5 Å². The van der Waals surface area contributed by atoms with Crippen LogP contribution in [0.4, 0.5) is 5.69 Å². The summed E-state index contributed by atoms with van der Waals surface area (Å²) >= 11 is 3.47. The van der Waals surface area contributed by atoms with Crippen molar-refractivity contribution in [2.45, 2.75) is 13.5 Å². The van der Waals surface area contributed by atoms with Gasteiger partial charge in [0.1, 0.15) is 0 Å². The van der Waals surface area contributed by atoms with E-state index in [1.54, 1.807) is 19.2 Å². The molecule has 0 aliphatic carbocycles. The van der Waals surface area contributed by atoms with Gasteiger partial charge in [-0.3, -0.25) is 9.69 Å². The lowest BCUT2D eigenvalue weighted by atomic mass is 10.1. The largest absolute Gasteiger partial charge is 0.493 e. The molecule has 0 radical (unpaired) electrons. The summed E-state index contributed by atoms with van der Waals surface area (Å²) in [4.78, 5) is 17.6. The smallest absolute Gasteiger partial charge is 0.255 e. The first-order valence-electron chi connectivity index (χ1n) is 9.81. The van der Waals surface area contributed by atoms with Gasteiger partial charge in [0.25, 0.3) is 5.91 Å². The van der Waals surface area contributed by atoms with E-state index in [0.29, 0.717) is 28.1 Å². The number of nitrogens with one attached hydrogen (secondary N) is 1. The summed E-state index contributed by atoms with van der Waals surface area (Å²) in [6.07, 6.45) is 0. The van der Waals surface area contributed by atoms with Crippen molar-refractivity contribution in [1.82, 2.24) is 9.80 Å². The van der Waals surface area contributed by atoms with Crippen LogP contribution in [0.15, 0.2) is 40.9 Å². The Morgan fingerprint density at radius 3 is 2.62 bits per heavy atom. The van der Waals surface area contributed by atoms with Crippen molar-refractivity contribution in [3.63, 3.8) is 0 Å². The number of methoxy groups -OCH3 is 1. The number of hydrogen-bond donors (Lipinski definition) is 1. The van der Waals surface area contributed by atoms with E-state index in [2.05, 4.69) is 44.2 Å². The van der Waals surface area contributed by atoms with Crippen LogP contribution in [-0.2, 0) is 6.54 Å². The zero-order valence-electron chi connectivity index (χ0n) is 17.2. The molecule has 2 aromatic carbocycles. The Morgan fingerprint density at radius 1 is 1.17 bits per heavy atom. The second-order valence-corrected chi connectivity index (χ2v) is 8.01. The van der Waals surface area contributed by atoms with Crippen LogP contribution < -0.4 is 14.8 Å². The monoisotopic (exact) mass is 461 g/mol. The van der Waals surface area contributed by atoms with Crippen LogP contribution in [0.25, 0.3) is 0 Å². The number of amides is 1. The summed E-state index contributed by atoms with van der Waals surface area (Å²) in [5.41, 5.74) is 2.48. The maximum absolute atomic E-state index is 12.8. The standard InChI is InChI=1S/C22H28BrN3O3/c1-4-29-21-19(23)13-17(14-20(21)28-3)22(27)24-18-7-5-6-16(12-18)15-26-10-8-25(2)9-11-26/h5-7,12-14H,4,8-11,15H2,1-3H3,(H,24,27). The molecule has 1 aliphatic heterocycles. The van der Waals surface area contributed by atoms with Crippen molar-refractivity contribution in [3.8, 4) is 11.5 Å². The normalized spacial score (nSPS) is 15.2. The number of piperazine rings is 1. The molecule has 0 saturated carbocycles. The Morgan fingerprint density at radius 2 is 1.93 bits per heavy atom. The maximum atomic E-state index is 12.8. The first-order valence-corrected chi connectivity index (χ1v) is 10.6. The number of likely N-dealkylation sites (N-methyl/N-ethyl adjacent to an activating group) is 1. The Bertz CT molecular complexity index is 851. The van der Waals surface area contributed by atoms with Crippen molar-refractivity contribution < 1.29 is 14.3 Å². The molecular weight excluding hydrogens is 434 g/mol. The number of benzene rings is 2. The summed E-state index contributed by atoms with van der Waals surface area (Å²) in [5.74, 6) is 0.930. The molecule has 1 fully saturated rings. The van der Waals surface area contributed by atoms with Crippen LogP contribution >= 0.6 is 15.9 Å². The van der Waals surface area contributed by atoms with Crippen molar-refractivity contribution in [2.75, 3.05) is 52.3 Å². The molecule has 6 nitrogen and oxygen atoms in total. The lowest BCUT2D eigenvalue weighted by molar-refractivity contribution is 0.102. The van der Waals surface area contributed by atoms with E-state index in [4.69, 9.17) is 9.47 Å². The van der Waals surface area contributed by atoms with Crippen LogP contribution in [-0.4, -0.2) is 62.7 Å². The highest BCUT2D eigenvalue weighted by atomic mass is 79.9. The fraction of sp³-hybridized carbons (Fsp3) is 0.409. The van der Waals surface area contributed by atoms with Gasteiger partial charge in [-0.15, -0.1) is 0 Å². The number of carbonyl (C=O) groups excluding carboxylic acids is 1. The molecule has 0 spiro atoms. The third-order valence-corrected chi connectivity index (χ3v) is 5.56. The van der Waals surface area contributed by atoms with Crippen LogP contribution in [0.1, 0.15) is 22.8 Å². The van der Waals surface area contributed by atoms with Crippen LogP contribution in [0.3, 0.4) is 0 Å². The van der Waals surface area contributed by atoms with Gasteiger partial charge in [-0.1, -0.05) is 12.1 Å². The number of carbonyl (C=O) groups is 1. The molecule has 1 heterocycles. The fourth-order valence-corrected chi connectivity index (χ4v) is 3.91. The van der Waals surface area contributed by atoms with Gasteiger partial charge in [0.2, 0.25) is 0 Å². The van der Waals surface area contributed by atoms with E-state index >= 15 is 0 Å². The molecule has 0 unspecified atom stereocenters. The summed E-state index contributed by atoms with van der Waals surface area (Å²) in [5, 5.41) is 2.99. The van der Waals surface area contributed by atoms with Crippen molar-refractivity contribution in [3.05, 3.63) is 52.0 Å². The molecule has 1 amide bonds. The Labute approximate surface area is 180 Å². The summed E-state index contributed by atoms with van der Waals surface area (Å²) < 4.78 is 11.7. The minimum Gasteiger partial charge on any atom is -0.493 e. The van der Waals surface area contributed by atoms with Crippen molar-refractivity contribution >= 4 is 27.5 Å². The Balaban J connectivity index is 1.70. The molecule has 3 rings (SSSR count). The number of nitrogens with zero attached hydrogens (tertiary/aromatic N) is 2. The predicted molar refractivity (Wildman–Crippen MR) is 119 cm³/mol. The Kier molecular flexibility index (Phi) is 7.52. The summed E-state index contributed by atoms with van der Waals surface area (Å²) in [7, 11) is 3.72. The first-order chi connectivity index (χ1) is 14.0. The molecule has 2 aromatic rings. The average Bonchev–Trinajstić information content (AvgIpc) is 2.71. The highest BCUT2D eigenvalue weighted by Gasteiger charge is 2.17. The molecule has 7 heteroatoms. The molecule has 0 atom stereocenters. The number of hydrogen-bond acceptors (Lipinski definition) is 5. The molecule has 0 aromatic heterocycles. The zero-order valence-corrected chi connectivity index (χ0v) is 18.8. The molecule has 29 heavy (non-hydrogen) atoms. The van der Waals surface area contributed by atoms with E-state index in [-0.39, 0.29) is 5.91 Å². The van der Waals surface area contributed by atoms with E-state index in [1.165, 1.54) is 5.56 Å². The number of halogens is 1. The topological polar surface area (TPSA) is 54.0 Å². The molecule has 156 valence electrons. The minimum atomic E-state index is -0.191. The maximum Gasteiger partial charge on any atom is 0.255 e. The second kappa shape index (κ2) is 10.1. The number of ether oxygens (including phenoxy) is 2. The first kappa shape index (κ1) is 21.6. The SMILES string of the molecule is CCOc1c(Br)cc(C(=O)Nc2cccc(CN3CCN(C)CC3)c2)cc1OC. The predicted octanol–water partition coefficient (Wildman–Crippen LogP) is 3.86. The van der Waals surface area contributed by atoms with Gasteiger partial charge in [0, 0.05) is 44.0 Å². The van der Waals surface area contributed by atoms with Gasteiger partial charge in [0.15, 0.2) is 11.5 Å². The third-order valence-electron chi connectivity index (χ3n) is 4.97. The second-order valence-electron chi connectivity index (χ2n) is 7.16. The van der Waals surface area contributed by atoms with Crippen molar-refractivity contribution in [1.29, 1.82) is 0 Å². The van der Waals surface area contributed by atoms with E-state index in [1.807, 2.05) is 25.1 Å². The van der Waals surface area contributed by atoms with Gasteiger partial charge in [-0.25, -0.2) is 0 Å².